The third-order valence-electron chi connectivity index (χ3n) is 4.09. The molecule has 0 aliphatic rings. The Bertz CT molecular complexity index is 1030. The van der Waals surface area contributed by atoms with Crippen LogP contribution in [0.4, 0.5) is 0 Å². The summed E-state index contributed by atoms with van der Waals surface area (Å²) in [6.07, 6.45) is 2.39. The van der Waals surface area contributed by atoms with Crippen molar-refractivity contribution in [1.29, 1.82) is 0 Å². The van der Waals surface area contributed by atoms with E-state index in [9.17, 15) is 9.59 Å². The average Bonchev–Trinajstić information content (AvgIpc) is 3.18. The molecule has 0 radical (unpaired) electrons. The van der Waals surface area contributed by atoms with Gasteiger partial charge in [0, 0.05) is 13.1 Å². The Morgan fingerprint density at radius 3 is 2.86 bits per heavy atom. The van der Waals surface area contributed by atoms with E-state index in [0.29, 0.717) is 28.5 Å². The molecule has 0 aliphatic carbocycles. The maximum Gasteiger partial charge on any atom is 0.263 e. The molecule has 6 nitrogen and oxygen atoms in total. The minimum absolute atomic E-state index is 0.0933. The number of allylic oxidation sites excluding steroid dienone is 1. The van der Waals surface area contributed by atoms with Crippen molar-refractivity contribution < 1.29 is 9.53 Å². The first-order valence-electron chi connectivity index (χ1n) is 8.73. The Balaban J connectivity index is 1.57. The summed E-state index contributed by atoms with van der Waals surface area (Å²) in [5, 5.41) is 5.88. The summed E-state index contributed by atoms with van der Waals surface area (Å²) in [5.74, 6) is 0.914. The third kappa shape index (κ3) is 4.82. The summed E-state index contributed by atoms with van der Waals surface area (Å²) >= 11 is 2.68. The van der Waals surface area contributed by atoms with Crippen LogP contribution in [0.25, 0.3) is 10.2 Å². The maximum absolute atomic E-state index is 12.6. The molecule has 0 saturated heterocycles. The lowest BCUT2D eigenvalue weighted by Gasteiger charge is -2.10. The number of hydrogen-bond donors (Lipinski definition) is 1. The molecule has 28 heavy (non-hydrogen) atoms. The van der Waals surface area contributed by atoms with Gasteiger partial charge in [0.05, 0.1) is 18.2 Å². The Hall–Kier alpha value is -2.58. The van der Waals surface area contributed by atoms with Gasteiger partial charge >= 0.3 is 0 Å². The number of aromatic nitrogens is 2. The molecule has 0 bridgehead atoms. The largest absolute Gasteiger partial charge is 0.497 e. The van der Waals surface area contributed by atoms with Crippen molar-refractivity contribution in [3.63, 3.8) is 0 Å². The fourth-order valence-corrected chi connectivity index (χ4v) is 4.29. The Labute approximate surface area is 171 Å². The first-order valence-corrected chi connectivity index (χ1v) is 10.6. The fourth-order valence-electron chi connectivity index (χ4n) is 2.65. The van der Waals surface area contributed by atoms with Gasteiger partial charge in [-0.25, -0.2) is 4.98 Å². The van der Waals surface area contributed by atoms with Crippen molar-refractivity contribution in [1.82, 2.24) is 14.9 Å². The SMILES string of the molecule is C=CCn1c(SCC(=O)NCCc2ccc(OC)cc2)nc2sccc2c1=O. The highest BCUT2D eigenvalue weighted by molar-refractivity contribution is 7.99. The Morgan fingerprint density at radius 1 is 1.36 bits per heavy atom. The summed E-state index contributed by atoms with van der Waals surface area (Å²) in [6.45, 7) is 4.60. The zero-order valence-electron chi connectivity index (χ0n) is 15.5. The number of fused-ring (bicyclic) bond motifs is 1. The lowest BCUT2D eigenvalue weighted by atomic mass is 10.1. The normalized spacial score (nSPS) is 10.8. The number of nitrogens with zero attached hydrogens (tertiary/aromatic N) is 2. The molecule has 1 aromatic carbocycles. The summed E-state index contributed by atoms with van der Waals surface area (Å²) in [4.78, 5) is 30.0. The van der Waals surface area contributed by atoms with Crippen LogP contribution in [0.3, 0.4) is 0 Å². The second-order valence-electron chi connectivity index (χ2n) is 5.97. The molecule has 146 valence electrons. The van der Waals surface area contributed by atoms with Crippen molar-refractivity contribution >= 4 is 39.2 Å². The number of thioether (sulfide) groups is 1. The first kappa shape index (κ1) is 20.2. The van der Waals surface area contributed by atoms with E-state index in [1.807, 2.05) is 29.6 Å². The number of thiophene rings is 1. The predicted octanol–water partition coefficient (Wildman–Crippen LogP) is 3.10. The molecule has 3 rings (SSSR count). The molecule has 0 unspecified atom stereocenters. The topological polar surface area (TPSA) is 73.2 Å². The summed E-state index contributed by atoms with van der Waals surface area (Å²) in [6, 6.07) is 9.54. The highest BCUT2D eigenvalue weighted by atomic mass is 32.2. The quantitative estimate of drug-likeness (QED) is 0.330. The standard InChI is InChI=1S/C20H21N3O3S2/c1-3-11-23-19(25)16-9-12-27-18(16)22-20(23)28-13-17(24)21-10-8-14-4-6-15(26-2)7-5-14/h3-7,9,12H,1,8,10-11,13H2,2H3,(H,21,24). The zero-order chi connectivity index (χ0) is 19.9. The van der Waals surface area contributed by atoms with Crippen LogP contribution in [0.15, 0.2) is 58.3 Å². The molecule has 2 heterocycles. The number of benzene rings is 1. The summed E-state index contributed by atoms with van der Waals surface area (Å²) < 4.78 is 6.69. The van der Waals surface area contributed by atoms with Crippen LogP contribution in [-0.4, -0.2) is 34.9 Å². The van der Waals surface area contributed by atoms with Gasteiger partial charge in [0.2, 0.25) is 5.91 Å². The number of amides is 1. The van der Waals surface area contributed by atoms with Gasteiger partial charge in [-0.1, -0.05) is 30.0 Å². The number of hydrogen-bond acceptors (Lipinski definition) is 6. The molecule has 0 fully saturated rings. The van der Waals surface area contributed by atoms with E-state index >= 15 is 0 Å². The summed E-state index contributed by atoms with van der Waals surface area (Å²) in [7, 11) is 1.63. The highest BCUT2D eigenvalue weighted by Gasteiger charge is 2.13. The van der Waals surface area contributed by atoms with Crippen molar-refractivity contribution in [3.8, 4) is 5.75 Å². The van der Waals surface area contributed by atoms with Gasteiger partial charge in [-0.3, -0.25) is 14.2 Å². The minimum Gasteiger partial charge on any atom is -0.497 e. The van der Waals surface area contributed by atoms with E-state index in [4.69, 9.17) is 4.74 Å². The maximum atomic E-state index is 12.6. The number of carbonyl (C=O) groups excluding carboxylic acids is 1. The van der Waals surface area contributed by atoms with Gasteiger partial charge in [0.25, 0.3) is 5.56 Å². The van der Waals surface area contributed by atoms with Gasteiger partial charge in [-0.2, -0.15) is 0 Å². The number of nitrogens with one attached hydrogen (secondary N) is 1. The van der Waals surface area contributed by atoms with Crippen LogP contribution in [0.5, 0.6) is 5.75 Å². The predicted molar refractivity (Wildman–Crippen MR) is 115 cm³/mol. The second kappa shape index (κ2) is 9.57. The molecule has 0 atom stereocenters. The highest BCUT2D eigenvalue weighted by Crippen LogP contribution is 2.21. The molecule has 0 aliphatic heterocycles. The van der Waals surface area contributed by atoms with Crippen LogP contribution in [-0.2, 0) is 17.8 Å². The zero-order valence-corrected chi connectivity index (χ0v) is 17.1. The van der Waals surface area contributed by atoms with Gasteiger partial charge in [0.15, 0.2) is 5.16 Å². The van der Waals surface area contributed by atoms with E-state index in [0.717, 1.165) is 17.7 Å². The molecule has 8 heteroatoms. The van der Waals surface area contributed by atoms with Crippen molar-refractivity contribution in [2.45, 2.75) is 18.1 Å². The molecular weight excluding hydrogens is 394 g/mol. The monoisotopic (exact) mass is 415 g/mol. The Kier molecular flexibility index (Phi) is 6.89. The van der Waals surface area contributed by atoms with E-state index < -0.39 is 0 Å². The third-order valence-corrected chi connectivity index (χ3v) is 5.87. The smallest absolute Gasteiger partial charge is 0.263 e. The van der Waals surface area contributed by atoms with Crippen molar-refractivity contribution in [3.05, 3.63) is 64.3 Å². The van der Waals surface area contributed by atoms with Crippen LogP contribution in [0, 0.1) is 0 Å². The fraction of sp³-hybridized carbons (Fsp3) is 0.250. The Morgan fingerprint density at radius 2 is 2.14 bits per heavy atom. The lowest BCUT2D eigenvalue weighted by molar-refractivity contribution is -0.118. The van der Waals surface area contributed by atoms with Gasteiger partial charge in [-0.05, 0) is 35.6 Å². The molecule has 1 N–H and O–H groups in total. The van der Waals surface area contributed by atoms with E-state index in [-0.39, 0.29) is 17.2 Å². The first-order chi connectivity index (χ1) is 13.6. The molecule has 0 saturated carbocycles. The number of ether oxygens (including phenoxy) is 1. The molecule has 1 amide bonds. The molecule has 2 aromatic heterocycles. The van der Waals surface area contributed by atoms with Gasteiger partial charge in [-0.15, -0.1) is 17.9 Å². The van der Waals surface area contributed by atoms with Crippen LogP contribution in [0.1, 0.15) is 5.56 Å². The lowest BCUT2D eigenvalue weighted by Crippen LogP contribution is -2.28. The van der Waals surface area contributed by atoms with Crippen LogP contribution < -0.4 is 15.6 Å². The minimum atomic E-state index is -0.103. The van der Waals surface area contributed by atoms with Crippen molar-refractivity contribution in [2.75, 3.05) is 19.4 Å². The molecule has 3 aromatic rings. The van der Waals surface area contributed by atoms with Crippen molar-refractivity contribution in [2.24, 2.45) is 0 Å². The van der Waals surface area contributed by atoms with E-state index in [2.05, 4.69) is 16.9 Å². The molecular formula is C20H21N3O3S2. The van der Waals surface area contributed by atoms with Crippen LogP contribution in [0.2, 0.25) is 0 Å². The van der Waals surface area contributed by atoms with Gasteiger partial charge < -0.3 is 10.1 Å². The van der Waals surface area contributed by atoms with Gasteiger partial charge in [0.1, 0.15) is 10.6 Å². The number of rotatable bonds is 9. The van der Waals surface area contributed by atoms with E-state index in [1.165, 1.54) is 23.1 Å². The number of carbonyl (C=O) groups is 1. The van der Waals surface area contributed by atoms with Crippen LogP contribution >= 0.6 is 23.1 Å². The summed E-state index contributed by atoms with van der Waals surface area (Å²) in [5.41, 5.74) is 1.02. The number of methoxy groups -OCH3 is 1. The molecule has 0 spiro atoms. The van der Waals surface area contributed by atoms with E-state index in [1.54, 1.807) is 23.8 Å². The second-order valence-corrected chi connectivity index (χ2v) is 7.81. The average molecular weight is 416 g/mol.